The molecule has 0 atom stereocenters. The molecule has 0 aliphatic carbocycles. The molecule has 2 amide bonds. The molecule has 138 valence electrons. The number of ether oxygens (including phenoxy) is 2. The first-order valence-corrected chi connectivity index (χ1v) is 8.17. The largest absolute Gasteiger partial charge is 0.497 e. The van der Waals surface area contributed by atoms with Crippen LogP contribution in [0.25, 0.3) is 0 Å². The smallest absolute Gasteiger partial charge is 0.251 e. The molecule has 7 nitrogen and oxygen atoms in total. The molecule has 7 heteroatoms. The third kappa shape index (κ3) is 6.10. The third-order valence-corrected chi connectivity index (χ3v) is 3.54. The van der Waals surface area contributed by atoms with Crippen molar-refractivity contribution in [1.29, 1.82) is 0 Å². The monoisotopic (exact) mass is 357 g/mol. The lowest BCUT2D eigenvalue weighted by Gasteiger charge is -2.10. The summed E-state index contributed by atoms with van der Waals surface area (Å²) < 4.78 is 9.98. The molecule has 26 heavy (non-hydrogen) atoms. The van der Waals surface area contributed by atoms with E-state index in [0.717, 1.165) is 5.75 Å². The van der Waals surface area contributed by atoms with Crippen LogP contribution in [0.5, 0.6) is 5.75 Å². The summed E-state index contributed by atoms with van der Waals surface area (Å²) in [6.07, 6.45) is 0. The van der Waals surface area contributed by atoms with Gasteiger partial charge in [-0.05, 0) is 42.5 Å². The number of benzene rings is 2. The molecule has 0 aromatic heterocycles. The van der Waals surface area contributed by atoms with Crippen LogP contribution < -0.4 is 20.7 Å². The van der Waals surface area contributed by atoms with Gasteiger partial charge < -0.3 is 25.4 Å². The Morgan fingerprint density at radius 2 is 1.77 bits per heavy atom. The van der Waals surface area contributed by atoms with Crippen LogP contribution in [0.4, 0.5) is 11.4 Å². The fourth-order valence-corrected chi connectivity index (χ4v) is 2.20. The summed E-state index contributed by atoms with van der Waals surface area (Å²) in [4.78, 5) is 24.1. The fraction of sp³-hybridized carbons (Fsp3) is 0.263. The van der Waals surface area contributed by atoms with E-state index in [4.69, 9.17) is 9.47 Å². The Bertz CT molecular complexity index is 732. The second-order valence-electron chi connectivity index (χ2n) is 5.46. The minimum absolute atomic E-state index is 0.0841. The molecular formula is C19H23N3O4. The zero-order valence-corrected chi connectivity index (χ0v) is 14.9. The van der Waals surface area contributed by atoms with Crippen LogP contribution in [0, 0.1) is 0 Å². The Kier molecular flexibility index (Phi) is 7.45. The number of anilines is 2. The maximum atomic E-state index is 12.0. The number of hydrogen-bond donors (Lipinski definition) is 3. The van der Waals surface area contributed by atoms with Crippen molar-refractivity contribution < 1.29 is 19.1 Å². The van der Waals surface area contributed by atoms with E-state index in [-0.39, 0.29) is 18.4 Å². The zero-order valence-electron chi connectivity index (χ0n) is 14.9. The van der Waals surface area contributed by atoms with Gasteiger partial charge in [0, 0.05) is 30.6 Å². The molecule has 0 saturated heterocycles. The normalized spacial score (nSPS) is 10.1. The van der Waals surface area contributed by atoms with Gasteiger partial charge in [0.05, 0.1) is 20.3 Å². The van der Waals surface area contributed by atoms with E-state index in [1.54, 1.807) is 62.8 Å². The SMILES string of the molecule is COCCNC(=O)c1cccc(NCC(=O)Nc2ccc(OC)cc2)c1. The van der Waals surface area contributed by atoms with Crippen molar-refractivity contribution in [2.24, 2.45) is 0 Å². The highest BCUT2D eigenvalue weighted by Crippen LogP contribution is 2.15. The van der Waals surface area contributed by atoms with Gasteiger partial charge in [0.25, 0.3) is 5.91 Å². The predicted molar refractivity (Wildman–Crippen MR) is 101 cm³/mol. The molecule has 0 aliphatic heterocycles. The first-order chi connectivity index (χ1) is 12.6. The summed E-state index contributed by atoms with van der Waals surface area (Å²) in [7, 11) is 3.16. The zero-order chi connectivity index (χ0) is 18.8. The summed E-state index contributed by atoms with van der Waals surface area (Å²) in [5.74, 6) is 0.347. The molecule has 2 aromatic rings. The van der Waals surface area contributed by atoms with E-state index < -0.39 is 0 Å². The van der Waals surface area contributed by atoms with E-state index in [0.29, 0.717) is 30.1 Å². The number of hydrogen-bond acceptors (Lipinski definition) is 5. The number of amides is 2. The highest BCUT2D eigenvalue weighted by molar-refractivity contribution is 5.96. The fourth-order valence-electron chi connectivity index (χ4n) is 2.20. The Labute approximate surface area is 152 Å². The Morgan fingerprint density at radius 1 is 1.00 bits per heavy atom. The highest BCUT2D eigenvalue weighted by atomic mass is 16.5. The summed E-state index contributed by atoms with van der Waals surface area (Å²) in [5, 5.41) is 8.55. The van der Waals surface area contributed by atoms with E-state index in [1.807, 2.05) is 0 Å². The second-order valence-corrected chi connectivity index (χ2v) is 5.46. The topological polar surface area (TPSA) is 88.7 Å². The van der Waals surface area contributed by atoms with Crippen molar-refractivity contribution in [2.75, 3.05) is 44.5 Å². The lowest BCUT2D eigenvalue weighted by atomic mass is 10.2. The van der Waals surface area contributed by atoms with Gasteiger partial charge in [0.2, 0.25) is 5.91 Å². The van der Waals surface area contributed by atoms with Crippen molar-refractivity contribution in [3.05, 3.63) is 54.1 Å². The van der Waals surface area contributed by atoms with Gasteiger partial charge in [-0.15, -0.1) is 0 Å². The quantitative estimate of drug-likeness (QED) is 0.598. The van der Waals surface area contributed by atoms with Crippen molar-refractivity contribution >= 4 is 23.2 Å². The number of rotatable bonds is 9. The van der Waals surface area contributed by atoms with Crippen LogP contribution in [0.15, 0.2) is 48.5 Å². The van der Waals surface area contributed by atoms with E-state index in [9.17, 15) is 9.59 Å². The number of carbonyl (C=O) groups is 2. The molecule has 2 aromatic carbocycles. The highest BCUT2D eigenvalue weighted by Gasteiger charge is 2.07. The third-order valence-electron chi connectivity index (χ3n) is 3.54. The molecule has 0 unspecified atom stereocenters. The number of nitrogens with one attached hydrogen (secondary N) is 3. The molecule has 0 heterocycles. The standard InChI is InChI=1S/C19H23N3O4/c1-25-11-10-20-19(24)14-4-3-5-16(12-14)21-13-18(23)22-15-6-8-17(26-2)9-7-15/h3-9,12,21H,10-11,13H2,1-2H3,(H,20,24)(H,22,23). The Balaban J connectivity index is 1.85. The van der Waals surface area contributed by atoms with Gasteiger partial charge in [0.15, 0.2) is 0 Å². The van der Waals surface area contributed by atoms with Crippen LogP contribution in [-0.4, -0.2) is 45.7 Å². The van der Waals surface area contributed by atoms with Gasteiger partial charge >= 0.3 is 0 Å². The summed E-state index contributed by atoms with van der Waals surface area (Å²) in [5.41, 5.74) is 1.89. The molecule has 2 rings (SSSR count). The Hall–Kier alpha value is -3.06. The van der Waals surface area contributed by atoms with Crippen LogP contribution in [-0.2, 0) is 9.53 Å². The first kappa shape index (κ1) is 19.3. The first-order valence-electron chi connectivity index (χ1n) is 8.17. The Morgan fingerprint density at radius 3 is 2.46 bits per heavy atom. The van der Waals surface area contributed by atoms with Gasteiger partial charge in [-0.2, -0.15) is 0 Å². The molecular weight excluding hydrogens is 334 g/mol. The second kappa shape index (κ2) is 10.0. The molecule has 0 fully saturated rings. The maximum Gasteiger partial charge on any atom is 0.251 e. The summed E-state index contributed by atoms with van der Waals surface area (Å²) >= 11 is 0. The molecule has 0 bridgehead atoms. The molecule has 0 spiro atoms. The van der Waals surface area contributed by atoms with Crippen LogP contribution in [0.1, 0.15) is 10.4 Å². The summed E-state index contributed by atoms with van der Waals surface area (Å²) in [6, 6.07) is 14.0. The number of methoxy groups -OCH3 is 2. The minimum Gasteiger partial charge on any atom is -0.497 e. The molecule has 0 saturated carbocycles. The lowest BCUT2D eigenvalue weighted by Crippen LogP contribution is -2.27. The maximum absolute atomic E-state index is 12.0. The van der Waals surface area contributed by atoms with Gasteiger partial charge in [0.1, 0.15) is 5.75 Å². The van der Waals surface area contributed by atoms with Crippen molar-refractivity contribution in [2.45, 2.75) is 0 Å². The molecule has 0 aliphatic rings. The average molecular weight is 357 g/mol. The number of carbonyl (C=O) groups excluding carboxylic acids is 2. The van der Waals surface area contributed by atoms with E-state index in [2.05, 4.69) is 16.0 Å². The van der Waals surface area contributed by atoms with Gasteiger partial charge in [-0.3, -0.25) is 9.59 Å². The lowest BCUT2D eigenvalue weighted by molar-refractivity contribution is -0.114. The van der Waals surface area contributed by atoms with Crippen LogP contribution >= 0.6 is 0 Å². The molecule has 0 radical (unpaired) electrons. The molecule has 3 N–H and O–H groups in total. The van der Waals surface area contributed by atoms with E-state index >= 15 is 0 Å². The van der Waals surface area contributed by atoms with E-state index in [1.165, 1.54) is 0 Å². The average Bonchev–Trinajstić information content (AvgIpc) is 2.67. The van der Waals surface area contributed by atoms with Crippen LogP contribution in [0.2, 0.25) is 0 Å². The van der Waals surface area contributed by atoms with Crippen molar-refractivity contribution in [3.63, 3.8) is 0 Å². The van der Waals surface area contributed by atoms with Crippen LogP contribution in [0.3, 0.4) is 0 Å². The van der Waals surface area contributed by atoms with Crippen molar-refractivity contribution in [1.82, 2.24) is 5.32 Å². The minimum atomic E-state index is -0.190. The summed E-state index contributed by atoms with van der Waals surface area (Å²) in [6.45, 7) is 0.979. The van der Waals surface area contributed by atoms with Gasteiger partial charge in [-0.1, -0.05) is 6.07 Å². The predicted octanol–water partition coefficient (Wildman–Crippen LogP) is 2.12. The van der Waals surface area contributed by atoms with Gasteiger partial charge in [-0.25, -0.2) is 0 Å². The van der Waals surface area contributed by atoms with Crippen molar-refractivity contribution in [3.8, 4) is 5.75 Å².